The van der Waals surface area contributed by atoms with Crippen molar-refractivity contribution in [3.05, 3.63) is 22.4 Å². The summed E-state index contributed by atoms with van der Waals surface area (Å²) < 4.78 is 11.2. The van der Waals surface area contributed by atoms with Crippen molar-refractivity contribution in [2.75, 3.05) is 32.9 Å². The van der Waals surface area contributed by atoms with E-state index in [1.807, 2.05) is 22.4 Å². The van der Waals surface area contributed by atoms with Gasteiger partial charge in [0.1, 0.15) is 0 Å². The Bertz CT molecular complexity index is 615. The number of carbonyl (C=O) groups excluding carboxylic acids is 2. The third-order valence-corrected chi connectivity index (χ3v) is 6.39. The highest BCUT2D eigenvalue weighted by molar-refractivity contribution is 7.12. The van der Waals surface area contributed by atoms with E-state index >= 15 is 0 Å². The Labute approximate surface area is 151 Å². The second kappa shape index (κ2) is 7.43. The van der Waals surface area contributed by atoms with Crippen molar-refractivity contribution in [3.63, 3.8) is 0 Å². The van der Waals surface area contributed by atoms with Gasteiger partial charge < -0.3 is 19.7 Å². The molecule has 1 N–H and O–H groups in total. The fourth-order valence-electron chi connectivity index (χ4n) is 4.10. The Kier molecular flexibility index (Phi) is 5.05. The van der Waals surface area contributed by atoms with Crippen molar-refractivity contribution < 1.29 is 19.1 Å². The predicted molar refractivity (Wildman–Crippen MR) is 93.5 cm³/mol. The van der Waals surface area contributed by atoms with Crippen molar-refractivity contribution in [1.82, 2.24) is 10.2 Å². The summed E-state index contributed by atoms with van der Waals surface area (Å²) in [5, 5.41) is 5.00. The van der Waals surface area contributed by atoms with E-state index in [0.29, 0.717) is 25.6 Å². The van der Waals surface area contributed by atoms with E-state index in [1.165, 1.54) is 11.3 Å². The summed E-state index contributed by atoms with van der Waals surface area (Å²) in [6, 6.07) is 3.75. The maximum atomic E-state index is 12.8. The first kappa shape index (κ1) is 17.0. The molecular weight excluding hydrogens is 340 g/mol. The fraction of sp³-hybridized carbons (Fsp3) is 0.667. The normalized spacial score (nSPS) is 29.6. The zero-order chi connectivity index (χ0) is 17.2. The summed E-state index contributed by atoms with van der Waals surface area (Å²) in [6.45, 7) is 3.32. The first-order valence-electron chi connectivity index (χ1n) is 9.05. The van der Waals surface area contributed by atoms with E-state index in [-0.39, 0.29) is 29.9 Å². The molecule has 0 radical (unpaired) electrons. The van der Waals surface area contributed by atoms with Gasteiger partial charge in [-0.2, -0.15) is 0 Å². The van der Waals surface area contributed by atoms with Gasteiger partial charge in [0.25, 0.3) is 5.91 Å². The second-order valence-corrected chi connectivity index (χ2v) is 7.98. The summed E-state index contributed by atoms with van der Waals surface area (Å²) in [6.07, 6.45) is 2.64. The van der Waals surface area contributed by atoms with Gasteiger partial charge in [0.2, 0.25) is 5.91 Å². The summed E-state index contributed by atoms with van der Waals surface area (Å²) in [4.78, 5) is 28.1. The molecule has 0 aromatic carbocycles. The molecule has 0 saturated carbocycles. The van der Waals surface area contributed by atoms with Gasteiger partial charge in [-0.05, 0) is 36.6 Å². The van der Waals surface area contributed by atoms with E-state index < -0.39 is 0 Å². The number of likely N-dealkylation sites (tertiary alicyclic amines) is 1. The van der Waals surface area contributed by atoms with Gasteiger partial charge in [-0.3, -0.25) is 9.59 Å². The quantitative estimate of drug-likeness (QED) is 0.880. The number of ether oxygens (including phenoxy) is 2. The Morgan fingerprint density at radius 2 is 2.08 bits per heavy atom. The predicted octanol–water partition coefficient (Wildman–Crippen LogP) is 1.52. The molecule has 7 heteroatoms. The Morgan fingerprint density at radius 3 is 2.84 bits per heavy atom. The van der Waals surface area contributed by atoms with Crippen molar-refractivity contribution in [3.8, 4) is 0 Å². The van der Waals surface area contributed by atoms with Crippen molar-refractivity contribution >= 4 is 23.2 Å². The third-order valence-electron chi connectivity index (χ3n) is 5.53. The molecule has 3 saturated heterocycles. The molecule has 4 rings (SSSR count). The van der Waals surface area contributed by atoms with Gasteiger partial charge in [0.05, 0.1) is 22.9 Å². The summed E-state index contributed by atoms with van der Waals surface area (Å²) >= 11 is 1.45. The average Bonchev–Trinajstić information content (AvgIpc) is 3.36. The molecule has 0 spiro atoms. The Hall–Kier alpha value is -1.44. The minimum Gasteiger partial charge on any atom is -0.381 e. The van der Waals surface area contributed by atoms with Crippen LogP contribution in [0.4, 0.5) is 0 Å². The first-order valence-corrected chi connectivity index (χ1v) is 9.93. The number of carbonyl (C=O) groups is 2. The molecule has 3 aliphatic rings. The molecule has 3 atom stereocenters. The molecule has 3 fully saturated rings. The lowest BCUT2D eigenvalue weighted by Crippen LogP contribution is -2.40. The largest absolute Gasteiger partial charge is 0.381 e. The van der Waals surface area contributed by atoms with E-state index in [0.717, 1.165) is 37.4 Å². The summed E-state index contributed by atoms with van der Waals surface area (Å²) in [5.41, 5.74) is 0. The molecule has 1 aromatic rings. The van der Waals surface area contributed by atoms with Crippen LogP contribution in [0.25, 0.3) is 0 Å². The van der Waals surface area contributed by atoms with E-state index in [9.17, 15) is 9.59 Å². The second-order valence-electron chi connectivity index (χ2n) is 7.03. The smallest absolute Gasteiger partial charge is 0.264 e. The van der Waals surface area contributed by atoms with Crippen LogP contribution in [0.5, 0.6) is 0 Å². The van der Waals surface area contributed by atoms with Gasteiger partial charge in [-0.1, -0.05) is 6.07 Å². The number of fused-ring (bicyclic) bond motifs is 1. The standard InChI is InChI=1S/C18H24N2O4S/c21-17(19-10-12-3-6-23-7-4-12)13-11-20(14-5-8-24-16(13)14)18(22)15-2-1-9-25-15/h1-2,9,12-14,16H,3-8,10-11H2,(H,19,21)/t13-,14+,16+/m1/s1. The molecule has 136 valence electrons. The van der Waals surface area contributed by atoms with Gasteiger partial charge in [0.15, 0.2) is 0 Å². The molecule has 25 heavy (non-hydrogen) atoms. The van der Waals surface area contributed by atoms with Crippen LogP contribution in [0.15, 0.2) is 17.5 Å². The topological polar surface area (TPSA) is 67.9 Å². The molecule has 1 aromatic heterocycles. The summed E-state index contributed by atoms with van der Waals surface area (Å²) in [5.74, 6) is 0.264. The average molecular weight is 364 g/mol. The van der Waals surface area contributed by atoms with Crippen LogP contribution in [0, 0.1) is 11.8 Å². The number of hydrogen-bond donors (Lipinski definition) is 1. The number of nitrogens with one attached hydrogen (secondary N) is 1. The molecule has 3 aliphatic heterocycles. The highest BCUT2D eigenvalue weighted by atomic mass is 32.1. The lowest BCUT2D eigenvalue weighted by atomic mass is 9.98. The Morgan fingerprint density at radius 1 is 1.24 bits per heavy atom. The number of nitrogens with zero attached hydrogens (tertiary/aromatic N) is 1. The van der Waals surface area contributed by atoms with Crippen LogP contribution in [-0.4, -0.2) is 61.8 Å². The van der Waals surface area contributed by atoms with Crippen LogP contribution < -0.4 is 5.32 Å². The van der Waals surface area contributed by atoms with Crippen LogP contribution >= 0.6 is 11.3 Å². The van der Waals surface area contributed by atoms with Gasteiger partial charge in [-0.25, -0.2) is 0 Å². The molecule has 6 nitrogen and oxygen atoms in total. The minimum absolute atomic E-state index is 0.0184. The van der Waals surface area contributed by atoms with E-state index in [2.05, 4.69) is 5.32 Å². The number of hydrogen-bond acceptors (Lipinski definition) is 5. The van der Waals surface area contributed by atoms with Crippen LogP contribution in [-0.2, 0) is 14.3 Å². The lowest BCUT2D eigenvalue weighted by Gasteiger charge is -2.23. The van der Waals surface area contributed by atoms with Gasteiger partial charge in [0, 0.05) is 32.9 Å². The fourth-order valence-corrected chi connectivity index (χ4v) is 4.78. The van der Waals surface area contributed by atoms with Crippen LogP contribution in [0.3, 0.4) is 0 Å². The molecule has 4 heterocycles. The number of amides is 2. The Balaban J connectivity index is 1.39. The zero-order valence-electron chi connectivity index (χ0n) is 14.2. The zero-order valence-corrected chi connectivity index (χ0v) is 15.0. The van der Waals surface area contributed by atoms with Crippen molar-refractivity contribution in [2.24, 2.45) is 11.8 Å². The maximum Gasteiger partial charge on any atom is 0.264 e. The van der Waals surface area contributed by atoms with Crippen LogP contribution in [0.2, 0.25) is 0 Å². The first-order chi connectivity index (χ1) is 12.2. The molecular formula is C18H24N2O4S. The maximum absolute atomic E-state index is 12.8. The van der Waals surface area contributed by atoms with Crippen LogP contribution in [0.1, 0.15) is 28.9 Å². The highest BCUT2D eigenvalue weighted by Crippen LogP contribution is 2.35. The van der Waals surface area contributed by atoms with Gasteiger partial charge in [-0.15, -0.1) is 11.3 Å². The number of rotatable bonds is 4. The van der Waals surface area contributed by atoms with Crippen molar-refractivity contribution in [2.45, 2.75) is 31.4 Å². The SMILES string of the molecule is O=C(NCC1CCOCC1)[C@@H]1CN(C(=O)c2cccs2)[C@H]2CCO[C@@H]12. The lowest BCUT2D eigenvalue weighted by molar-refractivity contribution is -0.128. The number of thiophene rings is 1. The van der Waals surface area contributed by atoms with E-state index in [4.69, 9.17) is 9.47 Å². The summed E-state index contributed by atoms with van der Waals surface area (Å²) in [7, 11) is 0. The molecule has 0 unspecified atom stereocenters. The van der Waals surface area contributed by atoms with E-state index in [1.54, 1.807) is 0 Å². The van der Waals surface area contributed by atoms with Crippen molar-refractivity contribution in [1.29, 1.82) is 0 Å². The molecule has 0 bridgehead atoms. The minimum atomic E-state index is -0.267. The van der Waals surface area contributed by atoms with Gasteiger partial charge >= 0.3 is 0 Å². The monoisotopic (exact) mass is 364 g/mol. The highest BCUT2D eigenvalue weighted by Gasteiger charge is 2.50. The third kappa shape index (κ3) is 3.45. The molecule has 2 amide bonds. The molecule has 0 aliphatic carbocycles.